The van der Waals surface area contributed by atoms with Gasteiger partial charge in [0.15, 0.2) is 18.1 Å². The average molecular weight is 536 g/mol. The van der Waals surface area contributed by atoms with Crippen LogP contribution in [0.1, 0.15) is 11.1 Å². The van der Waals surface area contributed by atoms with E-state index >= 15 is 0 Å². The number of nitrogens with zero attached hydrogens (tertiary/aromatic N) is 1. The van der Waals surface area contributed by atoms with E-state index < -0.39 is 11.8 Å². The molecule has 3 aromatic rings. The summed E-state index contributed by atoms with van der Waals surface area (Å²) in [4.78, 5) is 38.1. The second-order valence-electron chi connectivity index (χ2n) is 7.70. The van der Waals surface area contributed by atoms with Crippen molar-refractivity contribution in [3.63, 3.8) is 0 Å². The van der Waals surface area contributed by atoms with Crippen LogP contribution in [0.15, 0.2) is 76.8 Å². The molecule has 0 spiro atoms. The minimum Gasteiger partial charge on any atom is -0.493 e. The zero-order valence-electron chi connectivity index (χ0n) is 19.0. The molecule has 1 aliphatic heterocycles. The Morgan fingerprint density at radius 1 is 1.09 bits per heavy atom. The number of carbonyl (C=O) groups excluding carboxylic acids is 3. The molecule has 1 fully saturated rings. The van der Waals surface area contributed by atoms with Crippen molar-refractivity contribution in [3.8, 4) is 11.5 Å². The largest absolute Gasteiger partial charge is 0.493 e. The molecule has 1 saturated heterocycles. The lowest BCUT2D eigenvalue weighted by molar-refractivity contribution is -0.118. The number of methoxy groups -OCH3 is 1. The molecular formula is C26H22BrN3O5. The van der Waals surface area contributed by atoms with Gasteiger partial charge in [0.05, 0.1) is 12.8 Å². The lowest BCUT2D eigenvalue weighted by Crippen LogP contribution is -2.35. The topological polar surface area (TPSA) is 97.0 Å². The third-order valence-electron chi connectivity index (χ3n) is 5.16. The second-order valence-corrected chi connectivity index (χ2v) is 8.62. The monoisotopic (exact) mass is 535 g/mol. The van der Waals surface area contributed by atoms with E-state index in [2.05, 4.69) is 26.7 Å². The molecule has 0 radical (unpaired) electrons. The molecule has 0 aromatic heterocycles. The first-order valence-electron chi connectivity index (χ1n) is 10.6. The van der Waals surface area contributed by atoms with E-state index in [1.54, 1.807) is 48.5 Å². The van der Waals surface area contributed by atoms with Crippen LogP contribution in [0.25, 0.3) is 6.08 Å². The van der Waals surface area contributed by atoms with Gasteiger partial charge in [-0.2, -0.15) is 0 Å². The normalized spacial score (nSPS) is 14.1. The highest BCUT2D eigenvalue weighted by atomic mass is 79.9. The van der Waals surface area contributed by atoms with Gasteiger partial charge >= 0.3 is 0 Å². The Bertz CT molecular complexity index is 1310. The van der Waals surface area contributed by atoms with Crippen molar-refractivity contribution in [2.24, 2.45) is 0 Å². The summed E-state index contributed by atoms with van der Waals surface area (Å²) in [5.74, 6) is -0.882. The number of amides is 3. The standard InChI is InChI=1S/C26H22BrN3O5/c1-16-8-10-19(11-9-16)28-23(31)15-35-24-17(12-18(27)14-22(24)34-2)13-21-25(32)29-30(26(21)33)20-6-4-3-5-7-20/h3-14H,15H2,1-2H3,(H,28,31)(H,29,32)/b21-13-. The third-order valence-corrected chi connectivity index (χ3v) is 5.61. The number of rotatable bonds is 7. The molecule has 8 nitrogen and oxygen atoms in total. The predicted octanol–water partition coefficient (Wildman–Crippen LogP) is 4.25. The van der Waals surface area contributed by atoms with E-state index in [1.165, 1.54) is 18.2 Å². The summed E-state index contributed by atoms with van der Waals surface area (Å²) in [5.41, 5.74) is 5.13. The third kappa shape index (κ3) is 5.52. The van der Waals surface area contributed by atoms with Crippen LogP contribution in [0.2, 0.25) is 0 Å². The van der Waals surface area contributed by atoms with Crippen LogP contribution in [-0.4, -0.2) is 31.4 Å². The minimum atomic E-state index is -0.555. The first kappa shape index (κ1) is 24.0. The highest BCUT2D eigenvalue weighted by molar-refractivity contribution is 9.10. The summed E-state index contributed by atoms with van der Waals surface area (Å²) in [7, 11) is 1.46. The molecule has 0 atom stereocenters. The lowest BCUT2D eigenvalue weighted by atomic mass is 10.1. The molecule has 3 amide bonds. The van der Waals surface area contributed by atoms with E-state index in [4.69, 9.17) is 9.47 Å². The van der Waals surface area contributed by atoms with Crippen LogP contribution < -0.4 is 25.2 Å². The van der Waals surface area contributed by atoms with E-state index in [1.807, 2.05) is 25.1 Å². The van der Waals surface area contributed by atoms with Gasteiger partial charge in [0.25, 0.3) is 17.7 Å². The lowest BCUT2D eigenvalue weighted by Gasteiger charge is -2.15. The van der Waals surface area contributed by atoms with Crippen LogP contribution in [0, 0.1) is 6.92 Å². The van der Waals surface area contributed by atoms with Gasteiger partial charge in [-0.05, 0) is 49.4 Å². The Morgan fingerprint density at radius 3 is 2.49 bits per heavy atom. The van der Waals surface area contributed by atoms with Crippen molar-refractivity contribution in [3.05, 3.63) is 87.9 Å². The first-order chi connectivity index (χ1) is 16.9. The number of anilines is 2. The van der Waals surface area contributed by atoms with Crippen molar-refractivity contribution < 1.29 is 23.9 Å². The average Bonchev–Trinajstić information content (AvgIpc) is 3.13. The number of halogens is 1. The highest BCUT2D eigenvalue weighted by Gasteiger charge is 2.34. The highest BCUT2D eigenvalue weighted by Crippen LogP contribution is 2.37. The summed E-state index contributed by atoms with van der Waals surface area (Å²) >= 11 is 3.41. The molecule has 4 rings (SSSR count). The van der Waals surface area contributed by atoms with E-state index in [0.29, 0.717) is 27.2 Å². The van der Waals surface area contributed by atoms with Crippen LogP contribution in [0.4, 0.5) is 11.4 Å². The van der Waals surface area contributed by atoms with Crippen molar-refractivity contribution in [1.82, 2.24) is 5.43 Å². The van der Waals surface area contributed by atoms with Crippen LogP contribution in [0.5, 0.6) is 11.5 Å². The number of benzene rings is 3. The van der Waals surface area contributed by atoms with Crippen LogP contribution in [0.3, 0.4) is 0 Å². The Balaban J connectivity index is 1.59. The van der Waals surface area contributed by atoms with Gasteiger partial charge < -0.3 is 14.8 Å². The summed E-state index contributed by atoms with van der Waals surface area (Å²) in [6.07, 6.45) is 1.42. The molecule has 1 aliphatic rings. The molecular weight excluding hydrogens is 514 g/mol. The molecule has 0 unspecified atom stereocenters. The fourth-order valence-corrected chi connectivity index (χ4v) is 3.90. The first-order valence-corrected chi connectivity index (χ1v) is 11.4. The van der Waals surface area contributed by atoms with Gasteiger partial charge in [-0.25, -0.2) is 5.01 Å². The van der Waals surface area contributed by atoms with Crippen LogP contribution in [-0.2, 0) is 14.4 Å². The number of ether oxygens (including phenoxy) is 2. The number of hydrazine groups is 1. The summed E-state index contributed by atoms with van der Waals surface area (Å²) in [6, 6.07) is 19.5. The maximum Gasteiger partial charge on any atom is 0.282 e. The quantitative estimate of drug-likeness (QED) is 0.348. The van der Waals surface area contributed by atoms with Gasteiger partial charge in [-0.15, -0.1) is 0 Å². The number of nitrogens with one attached hydrogen (secondary N) is 2. The van der Waals surface area contributed by atoms with E-state index in [-0.39, 0.29) is 23.8 Å². The summed E-state index contributed by atoms with van der Waals surface area (Å²) in [6.45, 7) is 1.65. The van der Waals surface area contributed by atoms with Crippen molar-refractivity contribution in [2.75, 3.05) is 24.0 Å². The zero-order valence-corrected chi connectivity index (χ0v) is 20.6. The molecule has 0 aliphatic carbocycles. The van der Waals surface area contributed by atoms with Gasteiger partial charge in [-0.3, -0.25) is 19.8 Å². The molecule has 0 bridgehead atoms. The fraction of sp³-hybridized carbons (Fsp3) is 0.115. The van der Waals surface area contributed by atoms with E-state index in [9.17, 15) is 14.4 Å². The Hall–Kier alpha value is -4.11. The summed E-state index contributed by atoms with van der Waals surface area (Å²) < 4.78 is 11.9. The predicted molar refractivity (Wildman–Crippen MR) is 136 cm³/mol. The Morgan fingerprint density at radius 2 is 1.80 bits per heavy atom. The number of para-hydroxylation sites is 1. The zero-order chi connectivity index (χ0) is 24.9. The smallest absolute Gasteiger partial charge is 0.282 e. The summed E-state index contributed by atoms with van der Waals surface area (Å²) in [5, 5.41) is 3.94. The second kappa shape index (κ2) is 10.4. The minimum absolute atomic E-state index is 0.0806. The van der Waals surface area contributed by atoms with Gasteiger partial charge in [0, 0.05) is 15.7 Å². The molecule has 1 heterocycles. The number of hydrogen-bond donors (Lipinski definition) is 2. The SMILES string of the molecule is COc1cc(Br)cc(/C=C2/C(=O)NN(c3ccccc3)C2=O)c1OCC(=O)Nc1ccc(C)cc1. The molecule has 9 heteroatoms. The molecule has 2 N–H and O–H groups in total. The molecule has 3 aromatic carbocycles. The van der Waals surface area contributed by atoms with E-state index in [0.717, 1.165) is 5.56 Å². The molecule has 178 valence electrons. The number of carbonyl (C=O) groups is 3. The molecule has 35 heavy (non-hydrogen) atoms. The van der Waals surface area contributed by atoms with Crippen molar-refractivity contribution in [1.29, 1.82) is 0 Å². The van der Waals surface area contributed by atoms with Crippen molar-refractivity contribution >= 4 is 51.1 Å². The van der Waals surface area contributed by atoms with Gasteiger partial charge in [-0.1, -0.05) is 51.8 Å². The Labute approximate surface area is 210 Å². The van der Waals surface area contributed by atoms with Gasteiger partial charge in [0.1, 0.15) is 5.57 Å². The number of hydrogen-bond acceptors (Lipinski definition) is 5. The maximum absolute atomic E-state index is 13.0. The molecule has 0 saturated carbocycles. The van der Waals surface area contributed by atoms with Gasteiger partial charge in [0.2, 0.25) is 0 Å². The fourth-order valence-electron chi connectivity index (χ4n) is 3.45. The Kier molecular flexibility index (Phi) is 7.17. The number of aryl methyl sites for hydroxylation is 1. The van der Waals surface area contributed by atoms with Crippen molar-refractivity contribution in [2.45, 2.75) is 6.92 Å². The van der Waals surface area contributed by atoms with Crippen LogP contribution >= 0.6 is 15.9 Å². The maximum atomic E-state index is 13.0.